The van der Waals surface area contributed by atoms with Gasteiger partial charge in [-0.05, 0) is 47.9 Å². The van der Waals surface area contributed by atoms with Crippen molar-refractivity contribution in [3.63, 3.8) is 0 Å². The van der Waals surface area contributed by atoms with Gasteiger partial charge in [-0.2, -0.15) is 5.10 Å². The van der Waals surface area contributed by atoms with Crippen LogP contribution in [0.15, 0.2) is 48.5 Å². The van der Waals surface area contributed by atoms with E-state index >= 15 is 0 Å². The van der Waals surface area contributed by atoms with E-state index in [1.54, 1.807) is 11.9 Å². The number of nitrogens with one attached hydrogen (secondary N) is 1. The number of amides is 1. The van der Waals surface area contributed by atoms with Crippen molar-refractivity contribution in [2.75, 3.05) is 13.8 Å². The highest BCUT2D eigenvalue weighted by Crippen LogP contribution is 2.36. The minimum absolute atomic E-state index is 0.0331. The molecule has 6 heteroatoms. The molecule has 0 radical (unpaired) electrons. The van der Waals surface area contributed by atoms with E-state index in [1.807, 2.05) is 48.5 Å². The van der Waals surface area contributed by atoms with Crippen LogP contribution in [-0.4, -0.2) is 34.8 Å². The van der Waals surface area contributed by atoms with Gasteiger partial charge in [0, 0.05) is 12.6 Å². The maximum Gasteiger partial charge on any atom is 0.253 e. The lowest BCUT2D eigenvalue weighted by Crippen LogP contribution is -2.26. The van der Waals surface area contributed by atoms with Crippen LogP contribution < -0.4 is 9.47 Å². The van der Waals surface area contributed by atoms with Gasteiger partial charge >= 0.3 is 0 Å². The average molecular weight is 377 g/mol. The van der Waals surface area contributed by atoms with Crippen molar-refractivity contribution in [1.82, 2.24) is 15.1 Å². The minimum atomic E-state index is -0.0331. The van der Waals surface area contributed by atoms with E-state index in [0.717, 1.165) is 46.9 Å². The number of rotatable bonds is 6. The van der Waals surface area contributed by atoms with Gasteiger partial charge in [0.15, 0.2) is 11.5 Å². The van der Waals surface area contributed by atoms with Crippen LogP contribution in [0.25, 0.3) is 11.1 Å². The number of fused-ring (bicyclic) bond motifs is 1. The first-order valence-corrected chi connectivity index (χ1v) is 9.42. The summed E-state index contributed by atoms with van der Waals surface area (Å²) in [6, 6.07) is 15.5. The molecule has 0 atom stereocenters. The third kappa shape index (κ3) is 3.71. The van der Waals surface area contributed by atoms with E-state index in [-0.39, 0.29) is 12.7 Å². The zero-order valence-electron chi connectivity index (χ0n) is 16.1. The maximum atomic E-state index is 12.9. The van der Waals surface area contributed by atoms with Crippen LogP contribution in [0.2, 0.25) is 0 Å². The molecule has 1 amide bonds. The topological polar surface area (TPSA) is 67.5 Å². The smallest absolute Gasteiger partial charge is 0.253 e. The molecule has 6 nitrogen and oxygen atoms in total. The second-order valence-corrected chi connectivity index (χ2v) is 6.94. The van der Waals surface area contributed by atoms with Crippen molar-refractivity contribution in [3.8, 4) is 22.6 Å². The summed E-state index contributed by atoms with van der Waals surface area (Å²) < 4.78 is 10.8. The van der Waals surface area contributed by atoms with Gasteiger partial charge in [-0.15, -0.1) is 0 Å². The van der Waals surface area contributed by atoms with E-state index in [1.165, 1.54) is 0 Å². The first-order chi connectivity index (χ1) is 13.6. The highest BCUT2D eigenvalue weighted by molar-refractivity contribution is 5.95. The molecule has 0 spiro atoms. The van der Waals surface area contributed by atoms with Gasteiger partial charge in [0.05, 0.1) is 17.9 Å². The average Bonchev–Trinajstić information content (AvgIpc) is 3.36. The number of nitrogens with zero attached hydrogens (tertiary/aromatic N) is 2. The largest absolute Gasteiger partial charge is 0.454 e. The lowest BCUT2D eigenvalue weighted by Gasteiger charge is -2.16. The SMILES string of the molecule is CCCc1cc(CN(C)C(=O)c2cccc(-c3ccc4c(c3)OCO4)c2)[nH]n1. The van der Waals surface area contributed by atoms with E-state index in [2.05, 4.69) is 17.1 Å². The second-order valence-electron chi connectivity index (χ2n) is 6.94. The maximum absolute atomic E-state index is 12.9. The van der Waals surface area contributed by atoms with Crippen LogP contribution in [0.1, 0.15) is 35.1 Å². The fourth-order valence-electron chi connectivity index (χ4n) is 3.33. The standard InChI is InChI=1S/C22H23N3O3/c1-3-5-18-12-19(24-23-18)13-25(2)22(26)17-7-4-6-15(10-17)16-8-9-20-21(11-16)28-14-27-20/h4,6-12H,3,5,13-14H2,1-2H3,(H,23,24). The fourth-order valence-corrected chi connectivity index (χ4v) is 3.33. The quantitative estimate of drug-likeness (QED) is 0.704. The number of hydrogen-bond donors (Lipinski definition) is 1. The van der Waals surface area contributed by atoms with E-state index < -0.39 is 0 Å². The Morgan fingerprint density at radius 1 is 1.11 bits per heavy atom. The molecule has 0 aliphatic carbocycles. The predicted molar refractivity (Wildman–Crippen MR) is 106 cm³/mol. The summed E-state index contributed by atoms with van der Waals surface area (Å²) in [4.78, 5) is 14.6. The minimum Gasteiger partial charge on any atom is -0.454 e. The summed E-state index contributed by atoms with van der Waals surface area (Å²) in [5.41, 5.74) is 4.56. The molecule has 1 N–H and O–H groups in total. The van der Waals surface area contributed by atoms with Gasteiger partial charge in [-0.3, -0.25) is 9.89 Å². The van der Waals surface area contributed by atoms with Gasteiger partial charge in [-0.25, -0.2) is 0 Å². The normalized spacial score (nSPS) is 12.2. The number of aromatic amines is 1. The van der Waals surface area contributed by atoms with E-state index in [9.17, 15) is 4.79 Å². The first kappa shape index (κ1) is 18.1. The fraction of sp³-hybridized carbons (Fsp3) is 0.273. The molecule has 4 rings (SSSR count). The van der Waals surface area contributed by atoms with Crippen LogP contribution in [0.5, 0.6) is 11.5 Å². The lowest BCUT2D eigenvalue weighted by molar-refractivity contribution is 0.0783. The zero-order valence-corrected chi connectivity index (χ0v) is 16.1. The molecule has 0 saturated heterocycles. The Morgan fingerprint density at radius 3 is 2.79 bits per heavy atom. The Kier molecular flexibility index (Phi) is 5.02. The molecule has 2 heterocycles. The number of hydrogen-bond acceptors (Lipinski definition) is 4. The van der Waals surface area contributed by atoms with E-state index in [4.69, 9.17) is 9.47 Å². The monoisotopic (exact) mass is 377 g/mol. The number of H-pyrrole nitrogens is 1. The molecule has 28 heavy (non-hydrogen) atoms. The summed E-state index contributed by atoms with van der Waals surface area (Å²) in [6.45, 7) is 2.86. The number of aromatic nitrogens is 2. The summed E-state index contributed by atoms with van der Waals surface area (Å²) >= 11 is 0. The number of carbonyl (C=O) groups is 1. The van der Waals surface area contributed by atoms with Crippen molar-refractivity contribution in [2.45, 2.75) is 26.3 Å². The number of aryl methyl sites for hydroxylation is 1. The highest BCUT2D eigenvalue weighted by atomic mass is 16.7. The molecule has 3 aromatic rings. The van der Waals surface area contributed by atoms with Crippen LogP contribution >= 0.6 is 0 Å². The second kappa shape index (κ2) is 7.76. The molecule has 144 valence electrons. The number of carbonyl (C=O) groups excluding carboxylic acids is 1. The van der Waals surface area contributed by atoms with Crippen LogP contribution in [-0.2, 0) is 13.0 Å². The van der Waals surface area contributed by atoms with Crippen molar-refractivity contribution >= 4 is 5.91 Å². The summed E-state index contributed by atoms with van der Waals surface area (Å²) in [5.74, 6) is 1.44. The highest BCUT2D eigenvalue weighted by Gasteiger charge is 2.16. The van der Waals surface area contributed by atoms with Gasteiger partial charge in [0.25, 0.3) is 5.91 Å². The first-order valence-electron chi connectivity index (χ1n) is 9.42. The van der Waals surface area contributed by atoms with Gasteiger partial charge in [0.2, 0.25) is 6.79 Å². The molecule has 1 aliphatic rings. The predicted octanol–water partition coefficient (Wildman–Crippen LogP) is 4.03. The molecule has 1 aromatic heterocycles. The molecule has 0 fully saturated rings. The molecule has 0 unspecified atom stereocenters. The van der Waals surface area contributed by atoms with Gasteiger partial charge in [-0.1, -0.05) is 31.5 Å². The van der Waals surface area contributed by atoms with E-state index in [0.29, 0.717) is 12.1 Å². The summed E-state index contributed by atoms with van der Waals surface area (Å²) in [5, 5.41) is 7.31. The van der Waals surface area contributed by atoms with Gasteiger partial charge < -0.3 is 14.4 Å². The summed E-state index contributed by atoms with van der Waals surface area (Å²) in [6.07, 6.45) is 1.98. The Bertz CT molecular complexity index is 996. The molecule has 0 bridgehead atoms. The zero-order chi connectivity index (χ0) is 19.5. The Labute approximate surface area is 164 Å². The molecular formula is C22H23N3O3. The Balaban J connectivity index is 1.50. The van der Waals surface area contributed by atoms with Crippen LogP contribution in [0, 0.1) is 0 Å². The molecule has 0 saturated carbocycles. The third-order valence-electron chi connectivity index (χ3n) is 4.76. The summed E-state index contributed by atoms with van der Waals surface area (Å²) in [7, 11) is 1.80. The molecule has 1 aliphatic heterocycles. The van der Waals surface area contributed by atoms with Crippen molar-refractivity contribution < 1.29 is 14.3 Å². The third-order valence-corrected chi connectivity index (χ3v) is 4.76. The van der Waals surface area contributed by atoms with Crippen LogP contribution in [0.4, 0.5) is 0 Å². The molecule has 2 aromatic carbocycles. The van der Waals surface area contributed by atoms with Crippen molar-refractivity contribution in [3.05, 3.63) is 65.5 Å². The lowest BCUT2D eigenvalue weighted by atomic mass is 10.0. The molecular weight excluding hydrogens is 354 g/mol. The van der Waals surface area contributed by atoms with Crippen LogP contribution in [0.3, 0.4) is 0 Å². The van der Waals surface area contributed by atoms with Crippen molar-refractivity contribution in [2.24, 2.45) is 0 Å². The number of ether oxygens (including phenoxy) is 2. The van der Waals surface area contributed by atoms with Gasteiger partial charge in [0.1, 0.15) is 0 Å². The van der Waals surface area contributed by atoms with Crippen molar-refractivity contribution in [1.29, 1.82) is 0 Å². The Morgan fingerprint density at radius 2 is 1.93 bits per heavy atom. The number of benzene rings is 2. The Hall–Kier alpha value is -3.28.